The van der Waals surface area contributed by atoms with Gasteiger partial charge in [-0.1, -0.05) is 23.7 Å². The van der Waals surface area contributed by atoms with Gasteiger partial charge < -0.3 is 9.84 Å². The second-order valence-electron chi connectivity index (χ2n) is 5.11. The predicted molar refractivity (Wildman–Crippen MR) is 79.9 cm³/mol. The Bertz CT molecular complexity index is 666. The largest absolute Gasteiger partial charge is 0.491 e. The fraction of sp³-hybridized carbons (Fsp3) is 0.250. The summed E-state index contributed by atoms with van der Waals surface area (Å²) in [5.41, 5.74) is 1.32. The van der Waals surface area contributed by atoms with E-state index in [0.717, 1.165) is 5.56 Å². The van der Waals surface area contributed by atoms with Crippen molar-refractivity contribution in [2.75, 3.05) is 6.61 Å². The third kappa shape index (κ3) is 3.34. The third-order valence-corrected chi connectivity index (χ3v) is 3.62. The standard InChI is InChI=1S/C16H14ClNO3/c17-12-5-3-11(4-6-12)15-14(21-9-10-1-2-10)8-7-13(18-15)16(19)20/h3-8,10H,1-2,9H2,(H,19,20). The summed E-state index contributed by atoms with van der Waals surface area (Å²) in [5.74, 6) is 0.162. The van der Waals surface area contributed by atoms with Crippen molar-refractivity contribution in [1.82, 2.24) is 4.98 Å². The molecule has 1 aliphatic rings. The highest BCUT2D eigenvalue weighted by Crippen LogP contribution is 2.33. The number of carbonyl (C=O) groups is 1. The normalized spacial score (nSPS) is 14.0. The minimum absolute atomic E-state index is 0.00118. The average molecular weight is 304 g/mol. The Balaban J connectivity index is 1.97. The van der Waals surface area contributed by atoms with Gasteiger partial charge in [-0.05, 0) is 43.0 Å². The van der Waals surface area contributed by atoms with E-state index in [9.17, 15) is 4.79 Å². The molecule has 0 spiro atoms. The van der Waals surface area contributed by atoms with Gasteiger partial charge in [-0.3, -0.25) is 0 Å². The van der Waals surface area contributed by atoms with Crippen LogP contribution in [-0.4, -0.2) is 22.7 Å². The highest BCUT2D eigenvalue weighted by molar-refractivity contribution is 6.30. The zero-order chi connectivity index (χ0) is 14.8. The quantitative estimate of drug-likeness (QED) is 0.910. The topological polar surface area (TPSA) is 59.4 Å². The molecule has 0 bridgehead atoms. The number of aromatic carboxylic acids is 1. The van der Waals surface area contributed by atoms with Gasteiger partial charge in [0.2, 0.25) is 0 Å². The number of pyridine rings is 1. The number of carboxylic acid groups (broad SMARTS) is 1. The number of ether oxygens (including phenoxy) is 1. The van der Waals surface area contributed by atoms with Crippen LogP contribution in [0.5, 0.6) is 5.75 Å². The van der Waals surface area contributed by atoms with Crippen LogP contribution in [0.4, 0.5) is 0 Å². The molecule has 0 aliphatic heterocycles. The molecule has 1 heterocycles. The zero-order valence-corrected chi connectivity index (χ0v) is 12.0. The minimum atomic E-state index is -1.06. The summed E-state index contributed by atoms with van der Waals surface area (Å²) in [6.45, 7) is 0.648. The molecule has 0 atom stereocenters. The lowest BCUT2D eigenvalue weighted by Crippen LogP contribution is -2.05. The maximum absolute atomic E-state index is 11.1. The first-order valence-corrected chi connectivity index (χ1v) is 7.14. The molecule has 1 aliphatic carbocycles. The molecule has 5 heteroatoms. The molecule has 1 N–H and O–H groups in total. The number of hydrogen-bond donors (Lipinski definition) is 1. The van der Waals surface area contributed by atoms with Gasteiger partial charge in [0, 0.05) is 10.6 Å². The molecule has 3 rings (SSSR count). The Kier molecular flexibility index (Phi) is 3.80. The van der Waals surface area contributed by atoms with Crippen molar-refractivity contribution in [2.24, 2.45) is 5.92 Å². The third-order valence-electron chi connectivity index (χ3n) is 3.37. The Morgan fingerprint density at radius 2 is 1.95 bits per heavy atom. The summed E-state index contributed by atoms with van der Waals surface area (Å²) in [4.78, 5) is 15.3. The van der Waals surface area contributed by atoms with Crippen LogP contribution in [0, 0.1) is 5.92 Å². The van der Waals surface area contributed by atoms with Crippen LogP contribution in [0.3, 0.4) is 0 Å². The van der Waals surface area contributed by atoms with Crippen LogP contribution in [-0.2, 0) is 0 Å². The van der Waals surface area contributed by atoms with E-state index < -0.39 is 5.97 Å². The van der Waals surface area contributed by atoms with Gasteiger partial charge in [-0.15, -0.1) is 0 Å². The molecular formula is C16H14ClNO3. The number of rotatable bonds is 5. The molecule has 2 aromatic rings. The number of benzene rings is 1. The van der Waals surface area contributed by atoms with Crippen molar-refractivity contribution in [1.29, 1.82) is 0 Å². The molecule has 0 saturated heterocycles. The second kappa shape index (κ2) is 5.74. The monoisotopic (exact) mass is 303 g/mol. The molecule has 0 radical (unpaired) electrons. The highest BCUT2D eigenvalue weighted by atomic mass is 35.5. The summed E-state index contributed by atoms with van der Waals surface area (Å²) in [6.07, 6.45) is 2.38. The Morgan fingerprint density at radius 1 is 1.24 bits per heavy atom. The smallest absolute Gasteiger partial charge is 0.354 e. The lowest BCUT2D eigenvalue weighted by atomic mass is 10.1. The highest BCUT2D eigenvalue weighted by Gasteiger charge is 2.23. The van der Waals surface area contributed by atoms with E-state index >= 15 is 0 Å². The molecule has 0 amide bonds. The fourth-order valence-electron chi connectivity index (χ4n) is 1.99. The minimum Gasteiger partial charge on any atom is -0.491 e. The van der Waals surface area contributed by atoms with E-state index in [-0.39, 0.29) is 5.69 Å². The van der Waals surface area contributed by atoms with Gasteiger partial charge in [0.1, 0.15) is 17.1 Å². The number of aromatic nitrogens is 1. The second-order valence-corrected chi connectivity index (χ2v) is 5.55. The summed E-state index contributed by atoms with van der Waals surface area (Å²) in [6, 6.07) is 10.2. The van der Waals surface area contributed by atoms with E-state index in [1.54, 1.807) is 30.3 Å². The molecule has 4 nitrogen and oxygen atoms in total. The van der Waals surface area contributed by atoms with E-state index in [0.29, 0.717) is 29.0 Å². The Morgan fingerprint density at radius 3 is 2.57 bits per heavy atom. The van der Waals surface area contributed by atoms with E-state index in [1.807, 2.05) is 0 Å². The molecule has 1 aromatic carbocycles. The number of nitrogens with zero attached hydrogens (tertiary/aromatic N) is 1. The van der Waals surface area contributed by atoms with Crippen LogP contribution in [0.2, 0.25) is 5.02 Å². The van der Waals surface area contributed by atoms with E-state index in [4.69, 9.17) is 21.4 Å². The molecule has 1 fully saturated rings. The first-order valence-electron chi connectivity index (χ1n) is 6.76. The fourth-order valence-corrected chi connectivity index (χ4v) is 2.11. The van der Waals surface area contributed by atoms with E-state index in [1.165, 1.54) is 18.9 Å². The van der Waals surface area contributed by atoms with Gasteiger partial charge in [0.05, 0.1) is 6.61 Å². The molecular weight excluding hydrogens is 290 g/mol. The van der Waals surface area contributed by atoms with Crippen molar-refractivity contribution < 1.29 is 14.6 Å². The summed E-state index contributed by atoms with van der Waals surface area (Å²) in [7, 11) is 0. The first kappa shape index (κ1) is 13.9. The molecule has 108 valence electrons. The molecule has 1 saturated carbocycles. The van der Waals surface area contributed by atoms with E-state index in [2.05, 4.69) is 4.98 Å². The predicted octanol–water partition coefficient (Wildman–Crippen LogP) is 3.89. The lowest BCUT2D eigenvalue weighted by Gasteiger charge is -2.11. The van der Waals surface area contributed by atoms with Crippen molar-refractivity contribution in [3.8, 4) is 17.0 Å². The molecule has 0 unspecified atom stereocenters. The maximum atomic E-state index is 11.1. The van der Waals surface area contributed by atoms with Crippen LogP contribution >= 0.6 is 11.6 Å². The first-order chi connectivity index (χ1) is 10.1. The molecule has 1 aromatic heterocycles. The number of halogens is 1. The van der Waals surface area contributed by atoms with Gasteiger partial charge in [-0.2, -0.15) is 0 Å². The van der Waals surface area contributed by atoms with Crippen LogP contribution in [0.25, 0.3) is 11.3 Å². The van der Waals surface area contributed by atoms with Gasteiger partial charge in [-0.25, -0.2) is 9.78 Å². The van der Waals surface area contributed by atoms with Gasteiger partial charge in [0.25, 0.3) is 0 Å². The number of hydrogen-bond acceptors (Lipinski definition) is 3. The summed E-state index contributed by atoms with van der Waals surface area (Å²) in [5, 5.41) is 9.71. The summed E-state index contributed by atoms with van der Waals surface area (Å²) < 4.78 is 5.79. The van der Waals surface area contributed by atoms with Crippen LogP contribution < -0.4 is 4.74 Å². The van der Waals surface area contributed by atoms with Crippen molar-refractivity contribution >= 4 is 17.6 Å². The van der Waals surface area contributed by atoms with Crippen molar-refractivity contribution in [3.63, 3.8) is 0 Å². The SMILES string of the molecule is O=C(O)c1ccc(OCC2CC2)c(-c2ccc(Cl)cc2)n1. The Hall–Kier alpha value is -2.07. The van der Waals surface area contributed by atoms with Crippen LogP contribution in [0.1, 0.15) is 23.3 Å². The Labute approximate surface area is 127 Å². The molecule has 21 heavy (non-hydrogen) atoms. The summed E-state index contributed by atoms with van der Waals surface area (Å²) >= 11 is 5.89. The number of carboxylic acids is 1. The average Bonchev–Trinajstić information content (AvgIpc) is 3.30. The van der Waals surface area contributed by atoms with Crippen molar-refractivity contribution in [2.45, 2.75) is 12.8 Å². The van der Waals surface area contributed by atoms with Crippen LogP contribution in [0.15, 0.2) is 36.4 Å². The van der Waals surface area contributed by atoms with Crippen molar-refractivity contribution in [3.05, 3.63) is 47.1 Å². The van der Waals surface area contributed by atoms with Gasteiger partial charge in [0.15, 0.2) is 0 Å². The van der Waals surface area contributed by atoms with Gasteiger partial charge >= 0.3 is 5.97 Å². The zero-order valence-electron chi connectivity index (χ0n) is 11.3. The lowest BCUT2D eigenvalue weighted by molar-refractivity contribution is 0.0690. The maximum Gasteiger partial charge on any atom is 0.354 e.